The number of rotatable bonds is 5. The van der Waals surface area contributed by atoms with Crippen LogP contribution < -0.4 is 5.32 Å². The van der Waals surface area contributed by atoms with Gasteiger partial charge in [-0.1, -0.05) is 0 Å². The number of carboxylic acid groups (broad SMARTS) is 1. The molecule has 1 aromatic rings. The Hall–Kier alpha value is -2.51. The van der Waals surface area contributed by atoms with Gasteiger partial charge in [0.15, 0.2) is 0 Å². The summed E-state index contributed by atoms with van der Waals surface area (Å²) in [5.41, 5.74) is -2.15. The lowest BCUT2D eigenvalue weighted by atomic mass is 9.94. The minimum atomic E-state index is -1.23. The Morgan fingerprint density at radius 2 is 2.05 bits per heavy atom. The fourth-order valence-corrected chi connectivity index (χ4v) is 1.27. The summed E-state index contributed by atoms with van der Waals surface area (Å²) in [4.78, 5) is 32.4. The third kappa shape index (κ3) is 3.50. The highest BCUT2D eigenvalue weighted by atomic mass is 19.1. The molecule has 0 unspecified atom stereocenters. The highest BCUT2D eigenvalue weighted by molar-refractivity contribution is 5.95. The number of amides is 1. The van der Waals surface area contributed by atoms with E-state index in [4.69, 9.17) is 5.11 Å². The number of hydrogen-bond acceptors (Lipinski definition) is 4. The van der Waals surface area contributed by atoms with Crippen molar-refractivity contribution >= 4 is 17.6 Å². The second-order valence-corrected chi connectivity index (χ2v) is 4.79. The van der Waals surface area contributed by atoms with Gasteiger partial charge in [-0.15, -0.1) is 0 Å². The fourth-order valence-electron chi connectivity index (χ4n) is 1.27. The number of carbonyl (C=O) groups excluding carboxylic acids is 1. The topological polar surface area (TPSA) is 110 Å². The minimum Gasteiger partial charge on any atom is -0.481 e. The molecule has 0 aromatic heterocycles. The van der Waals surface area contributed by atoms with Crippen molar-refractivity contribution in [1.82, 2.24) is 5.32 Å². The van der Waals surface area contributed by atoms with Gasteiger partial charge >= 0.3 is 5.97 Å². The lowest BCUT2D eigenvalue weighted by molar-refractivity contribution is -0.384. The van der Waals surface area contributed by atoms with Crippen molar-refractivity contribution in [2.45, 2.75) is 13.8 Å². The first-order valence-electron chi connectivity index (χ1n) is 5.60. The maximum atomic E-state index is 13.5. The highest BCUT2D eigenvalue weighted by Crippen LogP contribution is 2.18. The maximum absolute atomic E-state index is 13.5. The lowest BCUT2D eigenvalue weighted by Gasteiger charge is -2.19. The molecule has 0 fully saturated rings. The number of nitrogens with one attached hydrogen (secondary N) is 1. The minimum absolute atomic E-state index is 0.233. The Kier molecular flexibility index (Phi) is 4.38. The number of non-ortho nitro benzene ring substituents is 1. The number of nitro groups is 1. The lowest BCUT2D eigenvalue weighted by Crippen LogP contribution is -2.39. The van der Waals surface area contributed by atoms with Gasteiger partial charge in [0.05, 0.1) is 15.9 Å². The predicted molar refractivity (Wildman–Crippen MR) is 66.8 cm³/mol. The Morgan fingerprint density at radius 1 is 1.45 bits per heavy atom. The van der Waals surface area contributed by atoms with Gasteiger partial charge in [-0.25, -0.2) is 4.39 Å². The van der Waals surface area contributed by atoms with Crippen LogP contribution in [0, 0.1) is 21.3 Å². The first-order valence-corrected chi connectivity index (χ1v) is 5.60. The van der Waals surface area contributed by atoms with Crippen molar-refractivity contribution in [1.29, 1.82) is 0 Å². The summed E-state index contributed by atoms with van der Waals surface area (Å²) in [5.74, 6) is -2.95. The van der Waals surface area contributed by atoms with Gasteiger partial charge in [-0.2, -0.15) is 0 Å². The smallest absolute Gasteiger partial charge is 0.310 e. The molecule has 0 aliphatic rings. The van der Waals surface area contributed by atoms with E-state index in [0.717, 1.165) is 18.2 Å². The van der Waals surface area contributed by atoms with Crippen LogP contribution in [-0.2, 0) is 4.79 Å². The summed E-state index contributed by atoms with van der Waals surface area (Å²) in [6.45, 7) is 2.54. The fraction of sp³-hybridized carbons (Fsp3) is 0.333. The molecule has 0 atom stereocenters. The zero-order valence-corrected chi connectivity index (χ0v) is 10.8. The Balaban J connectivity index is 2.90. The zero-order valence-electron chi connectivity index (χ0n) is 10.8. The van der Waals surface area contributed by atoms with Crippen LogP contribution in [-0.4, -0.2) is 28.5 Å². The molecule has 8 heteroatoms. The third-order valence-electron chi connectivity index (χ3n) is 2.68. The first-order chi connectivity index (χ1) is 9.15. The molecule has 2 N–H and O–H groups in total. The summed E-state index contributed by atoms with van der Waals surface area (Å²) in [6.07, 6.45) is 0. The number of carbonyl (C=O) groups is 2. The summed E-state index contributed by atoms with van der Waals surface area (Å²) in [5, 5.41) is 21.7. The van der Waals surface area contributed by atoms with Crippen molar-refractivity contribution in [2.24, 2.45) is 5.41 Å². The van der Waals surface area contributed by atoms with Crippen LogP contribution in [0.4, 0.5) is 10.1 Å². The van der Waals surface area contributed by atoms with E-state index < -0.39 is 39.3 Å². The monoisotopic (exact) mass is 284 g/mol. The molecule has 0 saturated heterocycles. The molecule has 0 spiro atoms. The molecule has 0 radical (unpaired) electrons. The van der Waals surface area contributed by atoms with E-state index >= 15 is 0 Å². The van der Waals surface area contributed by atoms with E-state index in [9.17, 15) is 24.1 Å². The largest absolute Gasteiger partial charge is 0.481 e. The Morgan fingerprint density at radius 3 is 2.55 bits per heavy atom. The van der Waals surface area contributed by atoms with Gasteiger partial charge in [0.25, 0.3) is 11.6 Å². The Bertz CT molecular complexity index is 571. The second kappa shape index (κ2) is 5.64. The standard InChI is InChI=1S/C12H13FN2O5/c1-12(2,11(17)18)6-14-10(16)8-5-7(15(19)20)3-4-9(8)13/h3-5H,6H2,1-2H3,(H,14,16)(H,17,18). The van der Waals surface area contributed by atoms with Gasteiger partial charge in [-0.3, -0.25) is 19.7 Å². The molecule has 1 aromatic carbocycles. The quantitative estimate of drug-likeness (QED) is 0.630. The van der Waals surface area contributed by atoms with Crippen molar-refractivity contribution in [3.05, 3.63) is 39.7 Å². The van der Waals surface area contributed by atoms with Gasteiger partial charge in [-0.05, 0) is 19.9 Å². The van der Waals surface area contributed by atoms with E-state index in [0.29, 0.717) is 0 Å². The average molecular weight is 284 g/mol. The van der Waals surface area contributed by atoms with Gasteiger partial charge in [0.2, 0.25) is 0 Å². The molecule has 1 amide bonds. The van der Waals surface area contributed by atoms with Gasteiger partial charge in [0, 0.05) is 18.7 Å². The summed E-state index contributed by atoms with van der Waals surface area (Å²) in [6, 6.07) is 2.56. The molecule has 1 rings (SSSR count). The van der Waals surface area contributed by atoms with E-state index in [1.165, 1.54) is 13.8 Å². The van der Waals surface area contributed by atoms with Crippen LogP contribution in [0.3, 0.4) is 0 Å². The molecular formula is C12H13FN2O5. The van der Waals surface area contributed by atoms with Crippen molar-refractivity contribution < 1.29 is 24.0 Å². The Labute approximate surface area is 113 Å². The molecule has 20 heavy (non-hydrogen) atoms. The SMILES string of the molecule is CC(C)(CNC(=O)c1cc([N+](=O)[O-])ccc1F)C(=O)O. The van der Waals surface area contributed by atoms with Crippen LogP contribution in [0.2, 0.25) is 0 Å². The number of hydrogen-bond donors (Lipinski definition) is 2. The van der Waals surface area contributed by atoms with Crippen molar-refractivity contribution in [2.75, 3.05) is 6.54 Å². The van der Waals surface area contributed by atoms with Crippen LogP contribution in [0.5, 0.6) is 0 Å². The zero-order chi connectivity index (χ0) is 15.5. The molecule has 0 aliphatic heterocycles. The molecular weight excluding hydrogens is 271 g/mol. The normalized spacial score (nSPS) is 10.9. The number of aliphatic carboxylic acids is 1. The highest BCUT2D eigenvalue weighted by Gasteiger charge is 2.28. The third-order valence-corrected chi connectivity index (χ3v) is 2.68. The number of halogens is 1. The molecule has 108 valence electrons. The molecule has 7 nitrogen and oxygen atoms in total. The van der Waals surface area contributed by atoms with Crippen molar-refractivity contribution in [3.63, 3.8) is 0 Å². The van der Waals surface area contributed by atoms with E-state index in [1.807, 2.05) is 0 Å². The molecule has 0 aliphatic carbocycles. The van der Waals surface area contributed by atoms with E-state index in [1.54, 1.807) is 0 Å². The number of nitro benzene ring substituents is 1. The number of carboxylic acids is 1. The average Bonchev–Trinajstić information content (AvgIpc) is 2.36. The van der Waals surface area contributed by atoms with Crippen LogP contribution in [0.1, 0.15) is 24.2 Å². The van der Waals surface area contributed by atoms with Crippen molar-refractivity contribution in [3.8, 4) is 0 Å². The molecule has 0 heterocycles. The second-order valence-electron chi connectivity index (χ2n) is 4.79. The van der Waals surface area contributed by atoms with Gasteiger partial charge < -0.3 is 10.4 Å². The summed E-state index contributed by atoms with van der Waals surface area (Å²) >= 11 is 0. The number of benzene rings is 1. The van der Waals surface area contributed by atoms with E-state index in [2.05, 4.69) is 5.32 Å². The molecule has 0 saturated carbocycles. The summed E-state index contributed by atoms with van der Waals surface area (Å²) < 4.78 is 13.5. The van der Waals surface area contributed by atoms with Crippen LogP contribution in [0.15, 0.2) is 18.2 Å². The van der Waals surface area contributed by atoms with Gasteiger partial charge in [0.1, 0.15) is 5.82 Å². The van der Waals surface area contributed by atoms with Crippen LogP contribution in [0.25, 0.3) is 0 Å². The first kappa shape index (κ1) is 15.5. The number of nitrogens with zero attached hydrogens (tertiary/aromatic N) is 1. The maximum Gasteiger partial charge on any atom is 0.310 e. The van der Waals surface area contributed by atoms with Crippen LogP contribution >= 0.6 is 0 Å². The molecule has 0 bridgehead atoms. The van der Waals surface area contributed by atoms with E-state index in [-0.39, 0.29) is 6.54 Å². The predicted octanol–water partition coefficient (Wildman–Crippen LogP) is 1.57. The summed E-state index contributed by atoms with van der Waals surface area (Å²) in [7, 11) is 0.